The van der Waals surface area contributed by atoms with Crippen molar-refractivity contribution >= 4 is 7.12 Å². The average Bonchev–Trinajstić information content (AvgIpc) is 2.47. The van der Waals surface area contributed by atoms with Crippen LogP contribution in [0, 0.1) is 0 Å². The van der Waals surface area contributed by atoms with Gasteiger partial charge in [-0.05, 0) is 45.6 Å². The Kier molecular flexibility index (Phi) is 3.03. The summed E-state index contributed by atoms with van der Waals surface area (Å²) in [6.45, 7) is 8.51. The van der Waals surface area contributed by atoms with Crippen LogP contribution in [0.1, 0.15) is 52.0 Å². The Morgan fingerprint density at radius 2 is 1.53 bits per heavy atom. The van der Waals surface area contributed by atoms with Gasteiger partial charge in [0.15, 0.2) is 0 Å². The molecule has 0 spiro atoms. The summed E-state index contributed by atoms with van der Waals surface area (Å²) in [5.41, 5.74) is 0.997. The van der Waals surface area contributed by atoms with E-state index in [0.29, 0.717) is 11.7 Å². The van der Waals surface area contributed by atoms with Gasteiger partial charge in [-0.25, -0.2) is 0 Å². The fourth-order valence-electron chi connectivity index (χ4n) is 3.03. The van der Waals surface area contributed by atoms with Gasteiger partial charge in [0.1, 0.15) is 0 Å². The Hall–Kier alpha value is -0.795. The van der Waals surface area contributed by atoms with Gasteiger partial charge in [-0.2, -0.15) is 0 Å². The molecule has 2 fully saturated rings. The fourth-order valence-corrected chi connectivity index (χ4v) is 3.03. The second-order valence-corrected chi connectivity index (χ2v) is 6.88. The van der Waals surface area contributed by atoms with Crippen LogP contribution in [0.3, 0.4) is 0 Å². The van der Waals surface area contributed by atoms with E-state index in [1.165, 1.54) is 18.4 Å². The van der Waals surface area contributed by atoms with E-state index in [1.54, 1.807) is 0 Å². The van der Waals surface area contributed by atoms with E-state index in [2.05, 4.69) is 58.0 Å². The van der Waals surface area contributed by atoms with Crippen molar-refractivity contribution in [3.63, 3.8) is 0 Å². The molecule has 3 heteroatoms. The molecule has 1 heterocycles. The van der Waals surface area contributed by atoms with E-state index in [9.17, 15) is 0 Å². The van der Waals surface area contributed by atoms with E-state index in [4.69, 9.17) is 9.31 Å². The summed E-state index contributed by atoms with van der Waals surface area (Å²) in [5.74, 6) is 1.10. The molecule has 0 bridgehead atoms. The van der Waals surface area contributed by atoms with E-state index >= 15 is 0 Å². The fraction of sp³-hybridized carbons (Fsp3) is 0.625. The molecule has 3 rings (SSSR count). The Morgan fingerprint density at radius 3 is 2.00 bits per heavy atom. The van der Waals surface area contributed by atoms with Gasteiger partial charge in [-0.1, -0.05) is 36.8 Å². The van der Waals surface area contributed by atoms with Crippen LogP contribution < -0.4 is 0 Å². The highest BCUT2D eigenvalue weighted by atomic mass is 16.7. The third-order valence-electron chi connectivity index (χ3n) is 5.18. The number of hydrogen-bond acceptors (Lipinski definition) is 2. The molecule has 2 atom stereocenters. The predicted octanol–water partition coefficient (Wildman–Crippen LogP) is 4.03. The zero-order valence-corrected chi connectivity index (χ0v) is 12.3. The predicted molar refractivity (Wildman–Crippen MR) is 78.2 cm³/mol. The average molecular weight is 258 g/mol. The van der Waals surface area contributed by atoms with Crippen molar-refractivity contribution in [3.8, 4) is 0 Å². The monoisotopic (exact) mass is 258 g/mol. The molecule has 2 nitrogen and oxygen atoms in total. The third kappa shape index (κ3) is 2.13. The number of benzene rings is 1. The number of rotatable bonds is 2. The zero-order chi connectivity index (χ0) is 13.7. The molecular weight excluding hydrogens is 235 g/mol. The summed E-state index contributed by atoms with van der Waals surface area (Å²) >= 11 is 0. The molecule has 0 N–H and O–H groups in total. The molecule has 0 radical (unpaired) electrons. The topological polar surface area (TPSA) is 18.5 Å². The third-order valence-corrected chi connectivity index (χ3v) is 5.18. The molecule has 0 amide bonds. The second-order valence-electron chi connectivity index (χ2n) is 6.88. The van der Waals surface area contributed by atoms with Gasteiger partial charge in [-0.3, -0.25) is 0 Å². The highest BCUT2D eigenvalue weighted by Crippen LogP contribution is 2.53. The molecule has 102 valence electrons. The second kappa shape index (κ2) is 4.36. The van der Waals surface area contributed by atoms with Gasteiger partial charge in [-0.15, -0.1) is 0 Å². The summed E-state index contributed by atoms with van der Waals surface area (Å²) < 4.78 is 12.4. The first-order valence-corrected chi connectivity index (χ1v) is 7.31. The highest BCUT2D eigenvalue weighted by molar-refractivity contribution is 6.48. The van der Waals surface area contributed by atoms with Crippen LogP contribution in [0.5, 0.6) is 0 Å². The van der Waals surface area contributed by atoms with E-state index in [0.717, 1.165) is 0 Å². The minimum Gasteiger partial charge on any atom is -0.403 e. The van der Waals surface area contributed by atoms with E-state index in [1.807, 2.05) is 0 Å². The first-order valence-electron chi connectivity index (χ1n) is 7.31. The molecule has 1 aromatic carbocycles. The largest absolute Gasteiger partial charge is 0.461 e. The standard InChI is InChI=1S/C16H23BO2/c1-15(2)16(3,4)19-17(18-15)14-11-10-13(14)12-8-6-5-7-9-12/h5-9,13-14H,10-11H2,1-4H3/t13-,14+/m1/s1. The van der Waals surface area contributed by atoms with Gasteiger partial charge < -0.3 is 9.31 Å². The lowest BCUT2D eigenvalue weighted by Crippen LogP contribution is -2.41. The van der Waals surface area contributed by atoms with Crippen LogP contribution >= 0.6 is 0 Å². The molecule has 2 aliphatic rings. The lowest BCUT2D eigenvalue weighted by molar-refractivity contribution is 0.00578. The quantitative estimate of drug-likeness (QED) is 0.746. The summed E-state index contributed by atoms with van der Waals surface area (Å²) in [5, 5.41) is 0. The number of hydrogen-bond donors (Lipinski definition) is 0. The first kappa shape index (κ1) is 13.2. The minimum atomic E-state index is -0.214. The van der Waals surface area contributed by atoms with Gasteiger partial charge in [0, 0.05) is 5.82 Å². The Labute approximate surface area is 116 Å². The summed E-state index contributed by atoms with van der Waals surface area (Å²) in [4.78, 5) is 0. The highest BCUT2D eigenvalue weighted by Gasteiger charge is 2.56. The molecule has 1 aliphatic heterocycles. The minimum absolute atomic E-state index is 0.0519. The summed E-state index contributed by atoms with van der Waals surface area (Å²) in [6.07, 6.45) is 2.45. The molecule has 1 aliphatic carbocycles. The van der Waals surface area contributed by atoms with Crippen molar-refractivity contribution < 1.29 is 9.31 Å². The Bertz CT molecular complexity index is 439. The molecule has 0 aromatic heterocycles. The van der Waals surface area contributed by atoms with Crippen LogP contribution in [0.2, 0.25) is 5.82 Å². The van der Waals surface area contributed by atoms with Crippen LogP contribution in [-0.4, -0.2) is 18.3 Å². The maximum atomic E-state index is 6.20. The van der Waals surface area contributed by atoms with Crippen molar-refractivity contribution in [3.05, 3.63) is 35.9 Å². The molecule has 0 unspecified atom stereocenters. The molecule has 1 aromatic rings. The van der Waals surface area contributed by atoms with Crippen molar-refractivity contribution in [2.45, 2.75) is 63.5 Å². The maximum Gasteiger partial charge on any atom is 0.461 e. The molecule has 19 heavy (non-hydrogen) atoms. The normalized spacial score (nSPS) is 32.1. The molecule has 1 saturated carbocycles. The van der Waals surface area contributed by atoms with Gasteiger partial charge in [0.2, 0.25) is 0 Å². The maximum absolute atomic E-state index is 6.20. The molecule has 1 saturated heterocycles. The SMILES string of the molecule is CC1(C)OB([C@H]2CC[C@@H]2c2ccccc2)OC1(C)C. The van der Waals surface area contributed by atoms with Crippen molar-refractivity contribution in [1.29, 1.82) is 0 Å². The summed E-state index contributed by atoms with van der Waals surface area (Å²) in [6, 6.07) is 10.8. The van der Waals surface area contributed by atoms with Crippen LogP contribution in [0.4, 0.5) is 0 Å². The van der Waals surface area contributed by atoms with Gasteiger partial charge >= 0.3 is 7.12 Å². The van der Waals surface area contributed by atoms with Gasteiger partial charge in [0.05, 0.1) is 11.2 Å². The Balaban J connectivity index is 1.75. The van der Waals surface area contributed by atoms with Crippen LogP contribution in [-0.2, 0) is 9.31 Å². The Morgan fingerprint density at radius 1 is 0.947 bits per heavy atom. The smallest absolute Gasteiger partial charge is 0.403 e. The van der Waals surface area contributed by atoms with Crippen molar-refractivity contribution in [1.82, 2.24) is 0 Å². The van der Waals surface area contributed by atoms with Crippen LogP contribution in [0.15, 0.2) is 30.3 Å². The van der Waals surface area contributed by atoms with Crippen molar-refractivity contribution in [2.75, 3.05) is 0 Å². The van der Waals surface area contributed by atoms with Crippen LogP contribution in [0.25, 0.3) is 0 Å². The van der Waals surface area contributed by atoms with Gasteiger partial charge in [0.25, 0.3) is 0 Å². The van der Waals surface area contributed by atoms with E-state index in [-0.39, 0.29) is 18.3 Å². The van der Waals surface area contributed by atoms with E-state index < -0.39 is 0 Å². The first-order chi connectivity index (χ1) is 8.91. The van der Waals surface area contributed by atoms with Crippen molar-refractivity contribution in [2.24, 2.45) is 0 Å². The molecular formula is C16H23BO2. The lowest BCUT2D eigenvalue weighted by Gasteiger charge is -2.38. The zero-order valence-electron chi connectivity index (χ0n) is 12.3. The lowest BCUT2D eigenvalue weighted by atomic mass is 9.52. The summed E-state index contributed by atoms with van der Waals surface area (Å²) in [7, 11) is -0.0519.